The minimum atomic E-state index is 1.28. The molecule has 0 aromatic heterocycles. The molecule has 1 heterocycles. The molecule has 0 spiro atoms. The van der Waals surface area contributed by atoms with E-state index in [4.69, 9.17) is 0 Å². The minimum Gasteiger partial charge on any atom is -0.305 e. The summed E-state index contributed by atoms with van der Waals surface area (Å²) in [6, 6.07) is 0. The molecule has 0 bridgehead atoms. The Hall–Kier alpha value is 0.310. The van der Waals surface area contributed by atoms with Gasteiger partial charge in [0.25, 0.3) is 0 Å². The molecule has 1 saturated heterocycles. The second-order valence-corrected chi connectivity index (χ2v) is 4.14. The van der Waals surface area contributed by atoms with Crippen molar-refractivity contribution in [1.82, 2.24) is 4.90 Å². The van der Waals surface area contributed by atoms with Crippen LogP contribution in [0.2, 0.25) is 0 Å². The van der Waals surface area contributed by atoms with Crippen LogP contribution in [0.3, 0.4) is 0 Å². The van der Waals surface area contributed by atoms with Crippen molar-refractivity contribution in [3.05, 3.63) is 0 Å². The third-order valence-corrected chi connectivity index (χ3v) is 2.68. The van der Waals surface area contributed by atoms with Crippen LogP contribution in [0.15, 0.2) is 0 Å². The van der Waals surface area contributed by atoms with Gasteiger partial charge in [-0.1, -0.05) is 26.7 Å². The molecule has 1 fully saturated rings. The van der Waals surface area contributed by atoms with E-state index in [-0.39, 0.29) is 0 Å². The van der Waals surface area contributed by atoms with Gasteiger partial charge in [-0.05, 0) is 7.05 Å². The number of hydrogen-bond acceptors (Lipinski definition) is 2. The van der Waals surface area contributed by atoms with Gasteiger partial charge < -0.3 is 4.90 Å². The lowest BCUT2D eigenvalue weighted by Gasteiger charge is -2.20. The van der Waals surface area contributed by atoms with Crippen LogP contribution in [-0.2, 0) is 0 Å². The van der Waals surface area contributed by atoms with E-state index in [1.54, 1.807) is 0 Å². The van der Waals surface area contributed by atoms with Gasteiger partial charge in [0, 0.05) is 24.6 Å². The Morgan fingerprint density at radius 3 is 1.73 bits per heavy atom. The van der Waals surface area contributed by atoms with Crippen molar-refractivity contribution in [2.45, 2.75) is 26.7 Å². The molecule has 0 unspecified atom stereocenters. The molecular formula is C9H21NS. The molecule has 1 nitrogen and oxygen atoms in total. The Balaban J connectivity index is 0.000000218. The van der Waals surface area contributed by atoms with Gasteiger partial charge in [-0.3, -0.25) is 0 Å². The Kier molecular flexibility index (Phi) is 8.64. The summed E-state index contributed by atoms with van der Waals surface area (Å²) < 4.78 is 0. The molecule has 1 aliphatic rings. The monoisotopic (exact) mass is 175 g/mol. The van der Waals surface area contributed by atoms with Crippen molar-refractivity contribution in [1.29, 1.82) is 0 Å². The quantitative estimate of drug-likeness (QED) is 0.602. The number of hydrogen-bond donors (Lipinski definition) is 0. The molecule has 0 amide bonds. The molecule has 11 heavy (non-hydrogen) atoms. The molecule has 0 aromatic rings. The van der Waals surface area contributed by atoms with E-state index in [0.29, 0.717) is 0 Å². The molecule has 0 N–H and O–H groups in total. The van der Waals surface area contributed by atoms with Gasteiger partial charge in [-0.15, -0.1) is 0 Å². The van der Waals surface area contributed by atoms with Crippen molar-refractivity contribution in [2.75, 3.05) is 31.6 Å². The van der Waals surface area contributed by atoms with Gasteiger partial charge >= 0.3 is 0 Å². The number of rotatable bonds is 1. The Labute approximate surface area is 75.5 Å². The summed E-state index contributed by atoms with van der Waals surface area (Å²) in [5.74, 6) is 2.66. The fourth-order valence-corrected chi connectivity index (χ4v) is 1.74. The predicted octanol–water partition coefficient (Wildman–Crippen LogP) is 2.47. The molecule has 0 aromatic carbocycles. The van der Waals surface area contributed by atoms with Crippen molar-refractivity contribution in [2.24, 2.45) is 0 Å². The summed E-state index contributed by atoms with van der Waals surface area (Å²) >= 11 is 2.06. The maximum atomic E-state index is 2.37. The topological polar surface area (TPSA) is 3.24 Å². The van der Waals surface area contributed by atoms with E-state index in [2.05, 4.69) is 37.6 Å². The lowest BCUT2D eigenvalue weighted by Crippen LogP contribution is -2.28. The van der Waals surface area contributed by atoms with Crippen LogP contribution < -0.4 is 0 Å². The molecule has 2 heteroatoms. The van der Waals surface area contributed by atoms with Crippen molar-refractivity contribution < 1.29 is 0 Å². The first-order valence-corrected chi connectivity index (χ1v) is 5.73. The largest absolute Gasteiger partial charge is 0.305 e. The summed E-state index contributed by atoms with van der Waals surface area (Å²) in [6.45, 7) is 6.93. The fraction of sp³-hybridized carbons (Fsp3) is 1.00. The van der Waals surface area contributed by atoms with Gasteiger partial charge in [-0.25, -0.2) is 0 Å². The van der Waals surface area contributed by atoms with Crippen LogP contribution in [0.5, 0.6) is 0 Å². The Bertz CT molecular complexity index is 68.0. The standard InChI is InChI=1S/C5H11NS.C4H10/c1-6-2-4-7-5-3-6;1-3-4-2/h2-5H2,1H3;3-4H2,1-2H3. The second kappa shape index (κ2) is 8.41. The average molecular weight is 175 g/mol. The van der Waals surface area contributed by atoms with Crippen LogP contribution >= 0.6 is 11.8 Å². The highest BCUT2D eigenvalue weighted by molar-refractivity contribution is 7.99. The van der Waals surface area contributed by atoms with E-state index in [1.165, 1.54) is 37.4 Å². The lowest BCUT2D eigenvalue weighted by atomic mass is 10.4. The zero-order valence-electron chi connectivity index (χ0n) is 8.10. The highest BCUT2D eigenvalue weighted by Gasteiger charge is 2.02. The summed E-state index contributed by atoms with van der Waals surface area (Å²) in [5, 5.41) is 0. The second-order valence-electron chi connectivity index (χ2n) is 2.92. The van der Waals surface area contributed by atoms with Crippen molar-refractivity contribution >= 4 is 11.8 Å². The highest BCUT2D eigenvalue weighted by Crippen LogP contribution is 2.05. The van der Waals surface area contributed by atoms with E-state index in [0.717, 1.165) is 0 Å². The first kappa shape index (κ1) is 11.3. The number of thioether (sulfide) groups is 1. The fourth-order valence-electron chi connectivity index (χ4n) is 0.655. The molecule has 0 saturated carbocycles. The van der Waals surface area contributed by atoms with E-state index in [1.807, 2.05) is 0 Å². The summed E-state index contributed by atoms with van der Waals surface area (Å²) in [5.41, 5.74) is 0. The number of nitrogens with zero attached hydrogens (tertiary/aromatic N) is 1. The molecule has 68 valence electrons. The van der Waals surface area contributed by atoms with Crippen LogP contribution in [0.4, 0.5) is 0 Å². The maximum absolute atomic E-state index is 2.37. The van der Waals surface area contributed by atoms with Gasteiger partial charge in [0.1, 0.15) is 0 Å². The van der Waals surface area contributed by atoms with Gasteiger partial charge in [0.05, 0.1) is 0 Å². The Morgan fingerprint density at radius 2 is 1.55 bits per heavy atom. The first-order chi connectivity index (χ1) is 5.31. The summed E-state index contributed by atoms with van der Waals surface area (Å²) in [4.78, 5) is 2.37. The summed E-state index contributed by atoms with van der Waals surface area (Å²) in [7, 11) is 2.18. The van der Waals surface area contributed by atoms with Crippen molar-refractivity contribution in [3.8, 4) is 0 Å². The highest BCUT2D eigenvalue weighted by atomic mass is 32.2. The molecular weight excluding hydrogens is 154 g/mol. The van der Waals surface area contributed by atoms with Crippen LogP contribution in [-0.4, -0.2) is 36.5 Å². The zero-order valence-corrected chi connectivity index (χ0v) is 8.91. The molecule has 0 aliphatic carbocycles. The first-order valence-electron chi connectivity index (χ1n) is 4.57. The normalized spacial score (nSPS) is 18.8. The lowest BCUT2D eigenvalue weighted by molar-refractivity contribution is 0.372. The third-order valence-electron chi connectivity index (χ3n) is 1.73. The van der Waals surface area contributed by atoms with Gasteiger partial charge in [0.15, 0.2) is 0 Å². The van der Waals surface area contributed by atoms with E-state index in [9.17, 15) is 0 Å². The van der Waals surface area contributed by atoms with Crippen molar-refractivity contribution in [3.63, 3.8) is 0 Å². The minimum absolute atomic E-state index is 1.28. The third kappa shape index (κ3) is 8.21. The predicted molar refractivity (Wildman–Crippen MR) is 55.4 cm³/mol. The number of unbranched alkanes of at least 4 members (excludes halogenated alkanes) is 1. The molecule has 1 rings (SSSR count). The average Bonchev–Trinajstić information content (AvgIpc) is 2.07. The van der Waals surface area contributed by atoms with Crippen LogP contribution in [0.25, 0.3) is 0 Å². The van der Waals surface area contributed by atoms with E-state index >= 15 is 0 Å². The maximum Gasteiger partial charge on any atom is 0.00696 e. The zero-order chi connectivity index (χ0) is 8.53. The Morgan fingerprint density at radius 1 is 1.09 bits per heavy atom. The molecule has 0 atom stereocenters. The van der Waals surface area contributed by atoms with Gasteiger partial charge in [-0.2, -0.15) is 11.8 Å². The summed E-state index contributed by atoms with van der Waals surface area (Å²) in [6.07, 6.45) is 2.64. The van der Waals surface area contributed by atoms with E-state index < -0.39 is 0 Å². The molecule has 0 radical (unpaired) electrons. The van der Waals surface area contributed by atoms with Gasteiger partial charge in [0.2, 0.25) is 0 Å². The van der Waals surface area contributed by atoms with Crippen LogP contribution in [0, 0.1) is 0 Å². The van der Waals surface area contributed by atoms with Crippen LogP contribution in [0.1, 0.15) is 26.7 Å². The SMILES string of the molecule is CCCC.CN1CCSCC1. The smallest absolute Gasteiger partial charge is 0.00696 e. The molecule has 1 aliphatic heterocycles.